The van der Waals surface area contributed by atoms with Gasteiger partial charge in [-0.15, -0.1) is 36.2 Å². The molecule has 1 aromatic heterocycles. The van der Waals surface area contributed by atoms with E-state index < -0.39 is 0 Å². The molecular weight excluding hydrogens is 305 g/mol. The second kappa shape index (κ2) is 8.74. The second-order valence-corrected chi connectivity index (χ2v) is 5.80. The highest BCUT2D eigenvalue weighted by atomic mass is 35.5. The number of halogens is 2. The fraction of sp³-hybridized carbons (Fsp3) is 0.667. The predicted molar refractivity (Wildman–Crippen MR) is 83.6 cm³/mol. The van der Waals surface area contributed by atoms with Crippen LogP contribution >= 0.6 is 36.2 Å². The van der Waals surface area contributed by atoms with E-state index in [0.717, 1.165) is 28.5 Å². The van der Waals surface area contributed by atoms with Gasteiger partial charge in [0.2, 0.25) is 5.91 Å². The highest BCUT2D eigenvalue weighted by Gasteiger charge is 2.17. The van der Waals surface area contributed by atoms with Crippen molar-refractivity contribution in [2.24, 2.45) is 0 Å². The van der Waals surface area contributed by atoms with Crippen LogP contribution in [-0.4, -0.2) is 23.5 Å². The topological polar surface area (TPSA) is 54.0 Å². The van der Waals surface area contributed by atoms with Crippen molar-refractivity contribution in [1.29, 1.82) is 0 Å². The van der Waals surface area contributed by atoms with Gasteiger partial charge in [0, 0.05) is 17.3 Å². The summed E-state index contributed by atoms with van der Waals surface area (Å²) in [6.45, 7) is 5.64. The van der Waals surface area contributed by atoms with Gasteiger partial charge in [-0.25, -0.2) is 4.98 Å². The highest BCUT2D eigenvalue weighted by Crippen LogP contribution is 2.16. The summed E-state index contributed by atoms with van der Waals surface area (Å²) in [5, 5.41) is 7.36. The monoisotopic (exact) mass is 325 g/mol. The van der Waals surface area contributed by atoms with Crippen LogP contribution in [0.4, 0.5) is 0 Å². The molecule has 0 spiro atoms. The Morgan fingerprint density at radius 1 is 1.47 bits per heavy atom. The molecule has 0 radical (unpaired) electrons. The first-order valence-corrected chi connectivity index (χ1v) is 6.90. The van der Waals surface area contributed by atoms with E-state index >= 15 is 0 Å². The molecule has 1 aliphatic heterocycles. The number of carbonyl (C=O) groups excluding carboxylic acids is 1. The molecule has 1 amide bonds. The largest absolute Gasteiger partial charge is 0.351 e. The van der Waals surface area contributed by atoms with Gasteiger partial charge in [0.15, 0.2) is 0 Å². The molecule has 0 bridgehead atoms. The molecule has 2 N–H and O–H groups in total. The molecule has 4 nitrogen and oxygen atoms in total. The smallest absolute Gasteiger partial charge is 0.221 e. The van der Waals surface area contributed by atoms with E-state index in [1.54, 1.807) is 11.3 Å². The molecule has 2 heterocycles. The van der Waals surface area contributed by atoms with Gasteiger partial charge in [-0.2, -0.15) is 0 Å². The van der Waals surface area contributed by atoms with Crippen LogP contribution in [0.5, 0.6) is 0 Å². The minimum atomic E-state index is 0. The molecule has 19 heavy (non-hydrogen) atoms. The lowest BCUT2D eigenvalue weighted by molar-refractivity contribution is -0.121. The molecule has 1 aliphatic rings. The molecular formula is C12H21Cl2N3OS. The minimum Gasteiger partial charge on any atom is -0.351 e. The van der Waals surface area contributed by atoms with Gasteiger partial charge in [-0.05, 0) is 33.2 Å². The van der Waals surface area contributed by atoms with Gasteiger partial charge >= 0.3 is 0 Å². The molecule has 1 atom stereocenters. The molecule has 0 aliphatic carbocycles. The number of hydrogen-bond acceptors (Lipinski definition) is 4. The number of aryl methyl sites for hydroxylation is 2. The van der Waals surface area contributed by atoms with Crippen LogP contribution < -0.4 is 10.6 Å². The lowest BCUT2D eigenvalue weighted by Gasteiger charge is -2.09. The molecule has 1 fully saturated rings. The summed E-state index contributed by atoms with van der Waals surface area (Å²) < 4.78 is 0. The number of aromatic nitrogens is 1. The van der Waals surface area contributed by atoms with Gasteiger partial charge in [0.1, 0.15) is 0 Å². The number of nitrogens with one attached hydrogen (secondary N) is 2. The molecule has 7 heteroatoms. The van der Waals surface area contributed by atoms with Gasteiger partial charge in [-0.1, -0.05) is 0 Å². The average Bonchev–Trinajstić information content (AvgIpc) is 2.86. The van der Waals surface area contributed by atoms with E-state index in [9.17, 15) is 4.79 Å². The summed E-state index contributed by atoms with van der Waals surface area (Å²) in [4.78, 5) is 17.2. The number of rotatable bonds is 4. The van der Waals surface area contributed by atoms with Crippen molar-refractivity contribution in [3.63, 3.8) is 0 Å². The number of thiazole rings is 1. The van der Waals surface area contributed by atoms with E-state index in [1.165, 1.54) is 6.42 Å². The zero-order chi connectivity index (χ0) is 12.3. The van der Waals surface area contributed by atoms with Crippen molar-refractivity contribution in [2.45, 2.75) is 45.7 Å². The first-order chi connectivity index (χ1) is 8.15. The van der Waals surface area contributed by atoms with E-state index in [-0.39, 0.29) is 30.7 Å². The SMILES string of the molecule is Cc1nc(C)c(CNC(=O)CC2CCCN2)s1.Cl.Cl. The third-order valence-electron chi connectivity index (χ3n) is 3.04. The lowest BCUT2D eigenvalue weighted by atomic mass is 10.1. The van der Waals surface area contributed by atoms with Crippen molar-refractivity contribution >= 4 is 42.1 Å². The maximum atomic E-state index is 11.7. The van der Waals surface area contributed by atoms with Crippen LogP contribution in [0.2, 0.25) is 0 Å². The lowest BCUT2D eigenvalue weighted by Crippen LogP contribution is -2.31. The summed E-state index contributed by atoms with van der Waals surface area (Å²) in [5.41, 5.74) is 1.03. The van der Waals surface area contributed by atoms with Crippen molar-refractivity contribution in [2.75, 3.05) is 6.54 Å². The number of amides is 1. The molecule has 110 valence electrons. The Morgan fingerprint density at radius 2 is 2.21 bits per heavy atom. The number of carbonyl (C=O) groups is 1. The van der Waals surface area contributed by atoms with Gasteiger partial charge in [0.25, 0.3) is 0 Å². The third kappa shape index (κ3) is 5.65. The fourth-order valence-electron chi connectivity index (χ4n) is 2.14. The van der Waals surface area contributed by atoms with E-state index in [1.807, 2.05) is 13.8 Å². The zero-order valence-corrected chi connectivity index (χ0v) is 13.6. The Kier molecular flexibility index (Phi) is 8.57. The second-order valence-electron chi connectivity index (χ2n) is 4.52. The standard InChI is InChI=1S/C12H19N3OS.2ClH/c1-8-11(17-9(2)15-8)7-14-12(16)6-10-4-3-5-13-10;;/h10,13H,3-7H2,1-2H3,(H,14,16);2*1H. The van der Waals surface area contributed by atoms with Gasteiger partial charge < -0.3 is 10.6 Å². The Morgan fingerprint density at radius 3 is 2.74 bits per heavy atom. The van der Waals surface area contributed by atoms with Crippen molar-refractivity contribution < 1.29 is 4.79 Å². The van der Waals surface area contributed by atoms with E-state index in [4.69, 9.17) is 0 Å². The number of hydrogen-bond donors (Lipinski definition) is 2. The van der Waals surface area contributed by atoms with Gasteiger partial charge in [-0.3, -0.25) is 4.79 Å². The first kappa shape index (κ1) is 18.6. The predicted octanol–water partition coefficient (Wildman–Crippen LogP) is 2.36. The van der Waals surface area contributed by atoms with Crippen LogP contribution in [0.3, 0.4) is 0 Å². The molecule has 1 aromatic rings. The molecule has 1 unspecified atom stereocenters. The van der Waals surface area contributed by atoms with Crippen LogP contribution in [0, 0.1) is 13.8 Å². The minimum absolute atomic E-state index is 0. The van der Waals surface area contributed by atoms with Crippen molar-refractivity contribution in [1.82, 2.24) is 15.6 Å². The molecule has 1 saturated heterocycles. The fourth-order valence-corrected chi connectivity index (χ4v) is 3.02. The Labute approximate surface area is 130 Å². The molecule has 0 aromatic carbocycles. The van der Waals surface area contributed by atoms with Crippen molar-refractivity contribution in [3.05, 3.63) is 15.6 Å². The maximum absolute atomic E-state index is 11.7. The van der Waals surface area contributed by atoms with Crippen LogP contribution in [0.1, 0.15) is 34.8 Å². The quantitative estimate of drug-likeness (QED) is 0.893. The first-order valence-electron chi connectivity index (χ1n) is 6.08. The highest BCUT2D eigenvalue weighted by molar-refractivity contribution is 7.11. The average molecular weight is 326 g/mol. The van der Waals surface area contributed by atoms with Gasteiger partial charge in [0.05, 0.1) is 17.2 Å². The molecule has 2 rings (SSSR count). The van der Waals surface area contributed by atoms with E-state index in [0.29, 0.717) is 19.0 Å². The van der Waals surface area contributed by atoms with E-state index in [2.05, 4.69) is 15.6 Å². The van der Waals surface area contributed by atoms with Crippen LogP contribution in [-0.2, 0) is 11.3 Å². The normalized spacial score (nSPS) is 17.5. The summed E-state index contributed by atoms with van der Waals surface area (Å²) in [6, 6.07) is 0.374. The molecule has 0 saturated carbocycles. The Balaban J connectivity index is 0.00000162. The number of nitrogens with zero attached hydrogens (tertiary/aromatic N) is 1. The van der Waals surface area contributed by atoms with Crippen LogP contribution in [0.25, 0.3) is 0 Å². The summed E-state index contributed by atoms with van der Waals surface area (Å²) in [7, 11) is 0. The third-order valence-corrected chi connectivity index (χ3v) is 4.11. The maximum Gasteiger partial charge on any atom is 0.221 e. The van der Waals surface area contributed by atoms with Crippen molar-refractivity contribution in [3.8, 4) is 0 Å². The summed E-state index contributed by atoms with van der Waals surface area (Å²) in [5.74, 6) is 0.134. The Bertz CT molecular complexity index is 406. The summed E-state index contributed by atoms with van der Waals surface area (Å²) in [6.07, 6.45) is 2.90. The van der Waals surface area contributed by atoms with Crippen LogP contribution in [0.15, 0.2) is 0 Å². The Hall–Kier alpha value is -0.360. The zero-order valence-electron chi connectivity index (χ0n) is 11.2. The summed E-state index contributed by atoms with van der Waals surface area (Å²) >= 11 is 1.66.